The van der Waals surface area contributed by atoms with Crippen molar-refractivity contribution in [3.05, 3.63) is 18.3 Å². The minimum Gasteiger partial charge on any atom is -0.397 e. The lowest BCUT2D eigenvalue weighted by Gasteiger charge is -2.35. The predicted octanol–water partition coefficient (Wildman–Crippen LogP) is 0.558. The summed E-state index contributed by atoms with van der Waals surface area (Å²) < 4.78 is 0. The second-order valence-corrected chi connectivity index (χ2v) is 4.71. The van der Waals surface area contributed by atoms with E-state index in [0.717, 1.165) is 51.4 Å². The number of nitrogens with two attached hydrogens (primary N) is 1. The molecule has 100 valence electrons. The number of aliphatic hydroxyl groups excluding tert-OH is 1. The van der Waals surface area contributed by atoms with Gasteiger partial charge in [0.2, 0.25) is 0 Å². The summed E-state index contributed by atoms with van der Waals surface area (Å²) in [6.07, 6.45) is 3.69. The molecule has 5 nitrogen and oxygen atoms in total. The van der Waals surface area contributed by atoms with Crippen LogP contribution < -0.4 is 10.6 Å². The van der Waals surface area contributed by atoms with Gasteiger partial charge in [-0.3, -0.25) is 4.90 Å². The van der Waals surface area contributed by atoms with Crippen molar-refractivity contribution in [2.45, 2.75) is 12.8 Å². The zero-order valence-corrected chi connectivity index (χ0v) is 10.8. The largest absolute Gasteiger partial charge is 0.397 e. The number of aliphatic hydroxyl groups is 1. The second kappa shape index (κ2) is 6.56. The van der Waals surface area contributed by atoms with Crippen LogP contribution >= 0.6 is 0 Å². The molecule has 2 rings (SSSR count). The van der Waals surface area contributed by atoms with Crippen LogP contribution in [0, 0.1) is 0 Å². The number of hydrogen-bond donors (Lipinski definition) is 2. The number of unbranched alkanes of at least 4 members (excludes halogenated alkanes) is 1. The van der Waals surface area contributed by atoms with Gasteiger partial charge in [-0.1, -0.05) is 0 Å². The Balaban J connectivity index is 1.77. The number of pyridine rings is 1. The van der Waals surface area contributed by atoms with Crippen LogP contribution in [0.4, 0.5) is 11.5 Å². The average Bonchev–Trinajstić information content (AvgIpc) is 2.41. The Labute approximate surface area is 108 Å². The van der Waals surface area contributed by atoms with Gasteiger partial charge >= 0.3 is 0 Å². The predicted molar refractivity (Wildman–Crippen MR) is 73.6 cm³/mol. The van der Waals surface area contributed by atoms with E-state index in [4.69, 9.17) is 10.8 Å². The van der Waals surface area contributed by atoms with Crippen molar-refractivity contribution >= 4 is 11.5 Å². The summed E-state index contributed by atoms with van der Waals surface area (Å²) in [5.41, 5.74) is 6.35. The fourth-order valence-corrected chi connectivity index (χ4v) is 2.23. The molecule has 1 aromatic rings. The van der Waals surface area contributed by atoms with Gasteiger partial charge in [-0.25, -0.2) is 4.98 Å². The van der Waals surface area contributed by atoms with E-state index in [0.29, 0.717) is 12.3 Å². The van der Waals surface area contributed by atoms with Gasteiger partial charge in [0.05, 0.1) is 11.9 Å². The van der Waals surface area contributed by atoms with Gasteiger partial charge in [0.1, 0.15) is 5.82 Å². The van der Waals surface area contributed by atoms with Crippen LogP contribution in [0.1, 0.15) is 12.8 Å². The van der Waals surface area contributed by atoms with Crippen LogP contribution in [0.2, 0.25) is 0 Å². The van der Waals surface area contributed by atoms with E-state index < -0.39 is 0 Å². The van der Waals surface area contributed by atoms with Crippen molar-refractivity contribution in [3.8, 4) is 0 Å². The quantitative estimate of drug-likeness (QED) is 0.747. The van der Waals surface area contributed by atoms with E-state index in [1.54, 1.807) is 6.20 Å². The Hall–Kier alpha value is -1.33. The molecule has 1 fully saturated rings. The molecule has 0 atom stereocenters. The van der Waals surface area contributed by atoms with Crippen molar-refractivity contribution in [1.82, 2.24) is 9.88 Å². The first kappa shape index (κ1) is 13.1. The molecular formula is C13H22N4O. The summed E-state index contributed by atoms with van der Waals surface area (Å²) in [4.78, 5) is 9.09. The molecule has 1 aromatic heterocycles. The lowest BCUT2D eigenvalue weighted by atomic mass is 10.2. The highest BCUT2D eigenvalue weighted by Crippen LogP contribution is 2.14. The first-order valence-corrected chi connectivity index (χ1v) is 6.59. The molecule has 2 heterocycles. The summed E-state index contributed by atoms with van der Waals surface area (Å²) in [7, 11) is 0. The third-order valence-corrected chi connectivity index (χ3v) is 3.35. The molecule has 0 unspecified atom stereocenters. The van der Waals surface area contributed by atoms with Crippen LogP contribution in [0.3, 0.4) is 0 Å². The normalized spacial score (nSPS) is 17.1. The highest BCUT2D eigenvalue weighted by Gasteiger charge is 2.17. The third-order valence-electron chi connectivity index (χ3n) is 3.35. The lowest BCUT2D eigenvalue weighted by molar-refractivity contribution is 0.232. The molecule has 0 aliphatic carbocycles. The molecule has 1 aliphatic rings. The number of hydrogen-bond acceptors (Lipinski definition) is 5. The van der Waals surface area contributed by atoms with Crippen molar-refractivity contribution < 1.29 is 5.11 Å². The summed E-state index contributed by atoms with van der Waals surface area (Å²) in [6, 6.07) is 3.88. The average molecular weight is 250 g/mol. The molecule has 18 heavy (non-hydrogen) atoms. The number of anilines is 2. The minimum absolute atomic E-state index is 0.301. The SMILES string of the molecule is Nc1ccc(N2CCN(CCCCO)CC2)nc1. The van der Waals surface area contributed by atoms with E-state index in [-0.39, 0.29) is 0 Å². The van der Waals surface area contributed by atoms with E-state index in [9.17, 15) is 0 Å². The maximum Gasteiger partial charge on any atom is 0.128 e. The number of piperazine rings is 1. The lowest BCUT2D eigenvalue weighted by Crippen LogP contribution is -2.46. The third kappa shape index (κ3) is 3.58. The molecule has 0 spiro atoms. The van der Waals surface area contributed by atoms with Gasteiger partial charge < -0.3 is 15.7 Å². The Bertz CT molecular complexity index is 347. The van der Waals surface area contributed by atoms with Crippen LogP contribution in [0.5, 0.6) is 0 Å². The van der Waals surface area contributed by atoms with Crippen molar-refractivity contribution in [2.24, 2.45) is 0 Å². The Morgan fingerprint density at radius 2 is 1.94 bits per heavy atom. The molecule has 0 radical (unpaired) electrons. The summed E-state index contributed by atoms with van der Waals surface area (Å²) in [5, 5.41) is 8.76. The van der Waals surface area contributed by atoms with Crippen LogP contribution in [-0.2, 0) is 0 Å². The number of nitrogen functional groups attached to an aromatic ring is 1. The maximum absolute atomic E-state index is 8.76. The molecule has 1 saturated heterocycles. The summed E-state index contributed by atoms with van der Waals surface area (Å²) in [5.74, 6) is 1.01. The Kier molecular flexibility index (Phi) is 4.78. The molecule has 0 saturated carbocycles. The zero-order valence-electron chi connectivity index (χ0n) is 10.8. The van der Waals surface area contributed by atoms with Crippen molar-refractivity contribution in [3.63, 3.8) is 0 Å². The maximum atomic E-state index is 8.76. The molecule has 3 N–H and O–H groups in total. The smallest absolute Gasteiger partial charge is 0.128 e. The van der Waals surface area contributed by atoms with E-state index in [1.165, 1.54) is 0 Å². The summed E-state index contributed by atoms with van der Waals surface area (Å²) in [6.45, 7) is 5.54. The van der Waals surface area contributed by atoms with Crippen molar-refractivity contribution in [2.75, 3.05) is 50.0 Å². The first-order chi connectivity index (χ1) is 8.79. The molecule has 1 aliphatic heterocycles. The van der Waals surface area contributed by atoms with Crippen molar-refractivity contribution in [1.29, 1.82) is 0 Å². The van der Waals surface area contributed by atoms with Crippen LogP contribution in [0.25, 0.3) is 0 Å². The Morgan fingerprint density at radius 3 is 2.56 bits per heavy atom. The van der Waals surface area contributed by atoms with Crippen LogP contribution in [-0.4, -0.2) is 54.3 Å². The fraction of sp³-hybridized carbons (Fsp3) is 0.615. The molecular weight excluding hydrogens is 228 g/mol. The number of rotatable bonds is 5. The molecule has 0 amide bonds. The number of nitrogens with zero attached hydrogens (tertiary/aromatic N) is 3. The van der Waals surface area contributed by atoms with E-state index in [1.807, 2.05) is 12.1 Å². The zero-order chi connectivity index (χ0) is 12.8. The monoisotopic (exact) mass is 250 g/mol. The molecule has 5 heteroatoms. The van der Waals surface area contributed by atoms with Crippen LogP contribution in [0.15, 0.2) is 18.3 Å². The first-order valence-electron chi connectivity index (χ1n) is 6.59. The van der Waals surface area contributed by atoms with Gasteiger partial charge in [0.25, 0.3) is 0 Å². The second-order valence-electron chi connectivity index (χ2n) is 4.71. The highest BCUT2D eigenvalue weighted by atomic mass is 16.2. The van der Waals surface area contributed by atoms with E-state index in [2.05, 4.69) is 14.8 Å². The topological polar surface area (TPSA) is 65.6 Å². The standard InChI is InChI=1S/C13H22N4O/c14-12-3-4-13(15-11-12)17-8-6-16(7-9-17)5-1-2-10-18/h3-4,11,18H,1-2,5-10,14H2. The summed E-state index contributed by atoms with van der Waals surface area (Å²) >= 11 is 0. The minimum atomic E-state index is 0.301. The van der Waals surface area contributed by atoms with E-state index >= 15 is 0 Å². The van der Waals surface area contributed by atoms with Gasteiger partial charge in [-0.05, 0) is 31.5 Å². The highest BCUT2D eigenvalue weighted by molar-refractivity contribution is 5.46. The van der Waals surface area contributed by atoms with Gasteiger partial charge in [-0.15, -0.1) is 0 Å². The van der Waals surface area contributed by atoms with Gasteiger partial charge in [0.15, 0.2) is 0 Å². The van der Waals surface area contributed by atoms with Gasteiger partial charge in [-0.2, -0.15) is 0 Å². The molecule has 0 aromatic carbocycles. The fourth-order valence-electron chi connectivity index (χ4n) is 2.23. The number of aromatic nitrogens is 1. The molecule has 0 bridgehead atoms. The van der Waals surface area contributed by atoms with Gasteiger partial charge in [0, 0.05) is 32.8 Å². The Morgan fingerprint density at radius 1 is 1.17 bits per heavy atom.